The van der Waals surface area contributed by atoms with Crippen LogP contribution in [0.5, 0.6) is 0 Å². The number of nitrogens with one attached hydrogen (secondary N) is 1. The molecule has 1 amide bonds. The lowest BCUT2D eigenvalue weighted by molar-refractivity contribution is -0.137. The summed E-state index contributed by atoms with van der Waals surface area (Å²) < 4.78 is 66.4. The molecule has 6 nitrogen and oxygen atoms in total. The minimum atomic E-state index is -4.69. The zero-order valence-corrected chi connectivity index (χ0v) is 17.1. The summed E-state index contributed by atoms with van der Waals surface area (Å²) in [4.78, 5) is 11.5. The van der Waals surface area contributed by atoms with Crippen LogP contribution in [0.15, 0.2) is 53.4 Å². The van der Waals surface area contributed by atoms with Crippen LogP contribution in [0, 0.1) is 6.92 Å². The summed E-state index contributed by atoms with van der Waals surface area (Å²) in [5, 5.41) is 11.3. The molecule has 30 heavy (non-hydrogen) atoms. The summed E-state index contributed by atoms with van der Waals surface area (Å²) in [5.74, 6) is -0.431. The second-order valence-electron chi connectivity index (χ2n) is 6.62. The first-order chi connectivity index (χ1) is 14.1. The highest BCUT2D eigenvalue weighted by atomic mass is 32.2. The van der Waals surface area contributed by atoms with Gasteiger partial charge in [-0.25, -0.2) is 8.42 Å². The molecule has 0 unspecified atom stereocenters. The van der Waals surface area contributed by atoms with Gasteiger partial charge in [-0.2, -0.15) is 13.2 Å². The van der Waals surface area contributed by atoms with E-state index < -0.39 is 32.6 Å². The zero-order chi connectivity index (χ0) is 22.4. The summed E-state index contributed by atoms with van der Waals surface area (Å²) in [6.45, 7) is 1.69. The summed E-state index contributed by atoms with van der Waals surface area (Å²) in [7, 11) is -4.36. The maximum absolute atomic E-state index is 13.2. The lowest BCUT2D eigenvalue weighted by Crippen LogP contribution is -2.35. The molecular weight excluding hydrogens is 421 g/mol. The summed E-state index contributed by atoms with van der Waals surface area (Å²) in [6, 6.07) is 9.91. The topological polar surface area (TPSA) is 86.7 Å². The number of nitrogens with zero attached hydrogens (tertiary/aromatic N) is 1. The largest absolute Gasteiger partial charge is 0.416 e. The minimum absolute atomic E-state index is 0.0975. The maximum atomic E-state index is 13.2. The highest BCUT2D eigenvalue weighted by molar-refractivity contribution is 7.92. The lowest BCUT2D eigenvalue weighted by Gasteiger charge is -2.25. The molecule has 2 rings (SSSR count). The molecule has 0 heterocycles. The predicted octanol–water partition coefficient (Wildman–Crippen LogP) is 3.10. The van der Waals surface area contributed by atoms with Gasteiger partial charge in [-0.15, -0.1) is 0 Å². The predicted molar refractivity (Wildman–Crippen MR) is 106 cm³/mol. The van der Waals surface area contributed by atoms with Crippen molar-refractivity contribution >= 4 is 21.6 Å². The van der Waals surface area contributed by atoms with Crippen molar-refractivity contribution in [2.45, 2.75) is 30.8 Å². The van der Waals surface area contributed by atoms with E-state index in [0.717, 1.165) is 28.1 Å². The number of aryl methyl sites for hydroxylation is 1. The van der Waals surface area contributed by atoms with E-state index in [0.29, 0.717) is 12.5 Å². The van der Waals surface area contributed by atoms with Gasteiger partial charge in [-0.3, -0.25) is 9.10 Å². The highest BCUT2D eigenvalue weighted by Crippen LogP contribution is 2.32. The van der Waals surface area contributed by atoms with Gasteiger partial charge in [0, 0.05) is 26.1 Å². The van der Waals surface area contributed by atoms with Crippen LogP contribution >= 0.6 is 0 Å². The Bertz CT molecular complexity index is 961. The SMILES string of the molecule is Cc1ccc(N(CCC(=O)NCCCO)S(=O)(=O)c2cccc(C(F)(F)F)c2)cc1. The van der Waals surface area contributed by atoms with Crippen molar-refractivity contribution < 1.29 is 31.5 Å². The highest BCUT2D eigenvalue weighted by Gasteiger charge is 2.33. The Balaban J connectivity index is 2.35. The number of benzene rings is 2. The Labute approximate surface area is 173 Å². The van der Waals surface area contributed by atoms with Gasteiger partial charge in [0.15, 0.2) is 0 Å². The average molecular weight is 444 g/mol. The molecule has 0 radical (unpaired) electrons. The van der Waals surface area contributed by atoms with Crippen LogP contribution in [0.1, 0.15) is 24.0 Å². The molecule has 0 aliphatic heterocycles. The number of sulfonamides is 1. The van der Waals surface area contributed by atoms with E-state index in [1.165, 1.54) is 12.1 Å². The number of amides is 1. The average Bonchev–Trinajstić information content (AvgIpc) is 2.69. The number of aliphatic hydroxyl groups excluding tert-OH is 1. The molecule has 0 atom stereocenters. The smallest absolute Gasteiger partial charge is 0.396 e. The van der Waals surface area contributed by atoms with E-state index in [-0.39, 0.29) is 31.8 Å². The van der Waals surface area contributed by atoms with Crippen LogP contribution in [0.4, 0.5) is 18.9 Å². The molecule has 0 saturated carbocycles. The fourth-order valence-electron chi connectivity index (χ4n) is 2.66. The van der Waals surface area contributed by atoms with E-state index in [4.69, 9.17) is 5.11 Å². The van der Waals surface area contributed by atoms with E-state index in [2.05, 4.69) is 5.32 Å². The summed E-state index contributed by atoms with van der Waals surface area (Å²) in [5.41, 5.74) is 0.0345. The number of carbonyl (C=O) groups excluding carboxylic acids is 1. The number of hydrogen-bond donors (Lipinski definition) is 2. The Kier molecular flexibility index (Phi) is 7.85. The fourth-order valence-corrected chi connectivity index (χ4v) is 4.17. The molecule has 2 aromatic carbocycles. The summed E-state index contributed by atoms with van der Waals surface area (Å²) in [6.07, 6.45) is -4.53. The van der Waals surface area contributed by atoms with Gasteiger partial charge >= 0.3 is 6.18 Å². The van der Waals surface area contributed by atoms with Crippen molar-refractivity contribution in [2.75, 3.05) is 24.0 Å². The molecule has 0 saturated heterocycles. The first-order valence-electron chi connectivity index (χ1n) is 9.20. The number of hydrogen-bond acceptors (Lipinski definition) is 4. The zero-order valence-electron chi connectivity index (χ0n) is 16.3. The molecule has 2 N–H and O–H groups in total. The van der Waals surface area contributed by atoms with Gasteiger partial charge in [0.05, 0.1) is 16.1 Å². The second kappa shape index (κ2) is 9.94. The Morgan fingerprint density at radius 3 is 2.40 bits per heavy atom. The van der Waals surface area contributed by atoms with Gasteiger partial charge in [0.1, 0.15) is 0 Å². The van der Waals surface area contributed by atoms with Crippen molar-refractivity contribution in [1.29, 1.82) is 0 Å². The van der Waals surface area contributed by atoms with E-state index in [9.17, 15) is 26.4 Å². The maximum Gasteiger partial charge on any atom is 0.416 e. The molecule has 0 aliphatic carbocycles. The molecule has 0 fully saturated rings. The second-order valence-corrected chi connectivity index (χ2v) is 8.48. The number of anilines is 1. The Morgan fingerprint density at radius 2 is 1.80 bits per heavy atom. The van der Waals surface area contributed by atoms with Crippen LogP contribution in [0.25, 0.3) is 0 Å². The third-order valence-corrected chi connectivity index (χ3v) is 6.09. The molecule has 0 aliphatic rings. The van der Waals surface area contributed by atoms with Crippen LogP contribution < -0.4 is 9.62 Å². The van der Waals surface area contributed by atoms with Gasteiger partial charge < -0.3 is 10.4 Å². The minimum Gasteiger partial charge on any atom is -0.396 e. The molecule has 10 heteroatoms. The molecule has 2 aromatic rings. The standard InChI is InChI=1S/C20H23F3N2O4S/c1-15-6-8-17(9-7-15)25(12-10-19(27)24-11-3-13-26)30(28,29)18-5-2-4-16(14-18)20(21,22)23/h2,4-9,14,26H,3,10-13H2,1H3,(H,24,27). The molecule has 164 valence electrons. The number of halogens is 3. The van der Waals surface area contributed by atoms with Gasteiger partial charge in [0.25, 0.3) is 10.0 Å². The molecule has 0 spiro atoms. The van der Waals surface area contributed by atoms with Crippen molar-refractivity contribution in [3.8, 4) is 0 Å². The first kappa shape index (κ1) is 23.7. The third-order valence-electron chi connectivity index (χ3n) is 4.27. The third kappa shape index (κ3) is 6.20. The molecule has 0 aromatic heterocycles. The van der Waals surface area contributed by atoms with E-state index in [1.807, 2.05) is 6.92 Å². The van der Waals surface area contributed by atoms with Crippen molar-refractivity contribution in [1.82, 2.24) is 5.32 Å². The fraction of sp³-hybridized carbons (Fsp3) is 0.350. The molecular formula is C20H23F3N2O4S. The van der Waals surface area contributed by atoms with E-state index >= 15 is 0 Å². The number of alkyl halides is 3. The lowest BCUT2D eigenvalue weighted by atomic mass is 10.2. The van der Waals surface area contributed by atoms with Crippen molar-refractivity contribution in [3.63, 3.8) is 0 Å². The van der Waals surface area contributed by atoms with E-state index in [1.54, 1.807) is 12.1 Å². The molecule has 0 bridgehead atoms. The Morgan fingerprint density at radius 1 is 1.13 bits per heavy atom. The van der Waals surface area contributed by atoms with Crippen LogP contribution in [-0.4, -0.2) is 39.1 Å². The van der Waals surface area contributed by atoms with Crippen LogP contribution in [0.3, 0.4) is 0 Å². The monoisotopic (exact) mass is 444 g/mol. The number of carbonyl (C=O) groups is 1. The van der Waals surface area contributed by atoms with Crippen molar-refractivity contribution in [2.24, 2.45) is 0 Å². The van der Waals surface area contributed by atoms with Crippen LogP contribution in [-0.2, 0) is 21.0 Å². The normalized spacial score (nSPS) is 11.9. The summed E-state index contributed by atoms with van der Waals surface area (Å²) >= 11 is 0. The van der Waals surface area contributed by atoms with Crippen LogP contribution in [0.2, 0.25) is 0 Å². The number of rotatable bonds is 9. The quantitative estimate of drug-likeness (QED) is 0.582. The van der Waals surface area contributed by atoms with Crippen molar-refractivity contribution in [3.05, 3.63) is 59.7 Å². The first-order valence-corrected chi connectivity index (χ1v) is 10.6. The Hall–Kier alpha value is -2.59. The van der Waals surface area contributed by atoms with Gasteiger partial charge in [-0.1, -0.05) is 23.8 Å². The van der Waals surface area contributed by atoms with Gasteiger partial charge in [-0.05, 0) is 43.7 Å². The van der Waals surface area contributed by atoms with Gasteiger partial charge in [0.2, 0.25) is 5.91 Å². The number of aliphatic hydroxyl groups is 1.